The third-order valence-corrected chi connectivity index (χ3v) is 25.2. The fraction of sp³-hybridized carbons (Fsp3) is 0.0294. The molecule has 0 fully saturated rings. The lowest BCUT2D eigenvalue weighted by atomic mass is 10.0. The van der Waals surface area contributed by atoms with Gasteiger partial charge in [0.2, 0.25) is 0 Å². The minimum atomic E-state index is 0.338. The van der Waals surface area contributed by atoms with Gasteiger partial charge in [-0.2, -0.15) is 0 Å². The Bertz CT molecular complexity index is 7010. The van der Waals surface area contributed by atoms with Crippen molar-refractivity contribution < 1.29 is 18.9 Å². The third-order valence-electron chi connectivity index (χ3n) is 25.2. The van der Waals surface area contributed by atoms with Gasteiger partial charge in [-0.25, -0.2) is 9.97 Å². The fourth-order valence-corrected chi connectivity index (χ4v) is 18.1. The van der Waals surface area contributed by atoms with Crippen LogP contribution in [0.3, 0.4) is 0 Å². The van der Waals surface area contributed by atoms with Gasteiger partial charge in [-0.3, -0.25) is 0 Å². The van der Waals surface area contributed by atoms with E-state index >= 15 is 0 Å². The summed E-state index contributed by atoms with van der Waals surface area (Å²) in [6, 6.07) is 152. The molecular formula is C136H102N4O4. The third kappa shape index (κ3) is 24.0. The van der Waals surface area contributed by atoms with Gasteiger partial charge in [0.25, 0.3) is 0 Å². The molecule has 690 valence electrons. The maximum absolute atomic E-state index is 6.81. The molecule has 2 aliphatic rings. The first-order valence-corrected chi connectivity index (χ1v) is 48.7. The predicted octanol–water partition coefficient (Wildman–Crippen LogP) is 35.0. The van der Waals surface area contributed by atoms with E-state index in [2.05, 4.69) is 520 Å². The van der Waals surface area contributed by atoms with E-state index in [1.54, 1.807) is 0 Å². The van der Waals surface area contributed by atoms with Gasteiger partial charge in [-0.15, -0.1) is 0 Å². The minimum Gasteiger partial charge on any atom is -0.489 e. The number of benzene rings is 16. The highest BCUT2D eigenvalue weighted by atomic mass is 16.5. The molecule has 0 saturated carbocycles. The van der Waals surface area contributed by atoms with Crippen molar-refractivity contribution in [1.29, 1.82) is 0 Å². The van der Waals surface area contributed by atoms with Crippen LogP contribution in [0.4, 0.5) is 0 Å². The Hall–Kier alpha value is -18.8. The van der Waals surface area contributed by atoms with Crippen molar-refractivity contribution in [3.8, 4) is 67.5 Å². The highest BCUT2D eigenvalue weighted by molar-refractivity contribution is 6.01. The molecule has 0 amide bonds. The summed E-state index contributed by atoms with van der Waals surface area (Å²) in [5.74, 6) is 2.88. The maximum Gasteiger partial charge on any atom is 0.119 e. The molecule has 3 aromatic heterocycles. The molecular weight excluding hydrogens is 1750 g/mol. The molecule has 0 unspecified atom stereocenters. The van der Waals surface area contributed by atoms with E-state index in [-0.39, 0.29) is 0 Å². The molecule has 8 bridgehead atoms. The average Bonchev–Trinajstić information content (AvgIpc) is 1.61. The minimum absolute atomic E-state index is 0.338. The van der Waals surface area contributed by atoms with Gasteiger partial charge >= 0.3 is 0 Å². The Kier molecular flexibility index (Phi) is 28.5. The van der Waals surface area contributed by atoms with E-state index in [0.29, 0.717) is 26.4 Å². The van der Waals surface area contributed by atoms with Crippen LogP contribution >= 0.6 is 0 Å². The van der Waals surface area contributed by atoms with Gasteiger partial charge in [-0.05, 0) is 303 Å². The van der Waals surface area contributed by atoms with Crippen LogP contribution in [0, 0.1) is 0 Å². The smallest absolute Gasteiger partial charge is 0.119 e. The van der Waals surface area contributed by atoms with E-state index in [4.69, 9.17) is 28.9 Å². The first-order chi connectivity index (χ1) is 71.2. The molecule has 0 spiro atoms. The van der Waals surface area contributed by atoms with E-state index in [0.717, 1.165) is 224 Å². The molecule has 8 nitrogen and oxygen atoms in total. The molecule has 16 aromatic carbocycles. The Morgan fingerprint density at radius 1 is 0.160 bits per heavy atom. The maximum atomic E-state index is 6.81. The average molecular weight is 1860 g/mol. The number of hydrogen-bond donors (Lipinski definition) is 2. The first-order valence-electron chi connectivity index (χ1n) is 48.7. The molecule has 2 aliphatic heterocycles. The summed E-state index contributed by atoms with van der Waals surface area (Å²) in [4.78, 5) is 19.6. The standard InChI is InChI=1S/C136H102N4O4/c1-9-25-97(26-10-1)41-49-105-81-106(50-42-98-27-11-2-12-28-98)86-113(85-105)93-141-121-65-57-117(58-66-121)133-125-73-75-127(137-125)134(118-59-67-122(68-60-118)142-94-114-87-107(51-43-99-29-13-3-14-30-99)82-108(88-114)52-44-100-31-15-4-16-32-100)129-77-79-131(139-129)136(120-63-71-124(72-64-120)144-96-116-91-111(55-47-103-37-21-7-22-38-103)84-112(92-116)56-48-104-39-23-8-24-40-104)132-80-78-130(140-132)135(128-76-74-126(133)138-128)119-61-69-123(70-62-119)143-95-115-89-109(53-45-101-33-17-5-18-34-101)83-110(90-115)54-46-102-35-19-6-20-36-102/h1-92,137,140H,93-96H2/b49-41+,50-42+,51-43+,52-44+,53-45+,54-46+,55-47+,56-48+,133-125?,133-126?,134-127?,134-129?,135-128?,135-130?,136-131?,136-132?. The zero-order chi connectivity index (χ0) is 96.6. The van der Waals surface area contributed by atoms with Crippen molar-refractivity contribution in [3.63, 3.8) is 0 Å². The molecule has 0 saturated heterocycles. The number of H-pyrrole nitrogens is 2. The van der Waals surface area contributed by atoms with Gasteiger partial charge in [0.15, 0.2) is 0 Å². The summed E-state index contributed by atoms with van der Waals surface area (Å²) >= 11 is 0. The summed E-state index contributed by atoms with van der Waals surface area (Å²) in [7, 11) is 0. The van der Waals surface area contributed by atoms with Crippen LogP contribution in [0.25, 0.3) is 188 Å². The first kappa shape index (κ1) is 91.6. The second-order valence-corrected chi connectivity index (χ2v) is 35.7. The second-order valence-electron chi connectivity index (χ2n) is 35.7. The Balaban J connectivity index is 0.674. The number of fused-ring (bicyclic) bond motifs is 8. The van der Waals surface area contributed by atoms with E-state index in [1.807, 2.05) is 48.5 Å². The van der Waals surface area contributed by atoms with Crippen LogP contribution in [0.15, 0.2) is 437 Å². The van der Waals surface area contributed by atoms with Crippen molar-refractivity contribution in [1.82, 2.24) is 19.9 Å². The van der Waals surface area contributed by atoms with Crippen LogP contribution in [0.2, 0.25) is 0 Å². The molecule has 2 N–H and O–H groups in total. The molecule has 0 radical (unpaired) electrons. The van der Waals surface area contributed by atoms with Gasteiger partial charge in [0, 0.05) is 44.3 Å². The van der Waals surface area contributed by atoms with Crippen LogP contribution in [-0.2, 0) is 26.4 Å². The van der Waals surface area contributed by atoms with Crippen LogP contribution in [0.1, 0.15) is 134 Å². The Labute approximate surface area is 841 Å². The largest absolute Gasteiger partial charge is 0.489 e. The van der Waals surface area contributed by atoms with Gasteiger partial charge in [-0.1, -0.05) is 388 Å². The number of aromatic amines is 2. The molecule has 0 aliphatic carbocycles. The lowest BCUT2D eigenvalue weighted by Gasteiger charge is -2.11. The predicted molar refractivity (Wildman–Crippen MR) is 607 cm³/mol. The number of nitrogens with one attached hydrogen (secondary N) is 2. The molecule has 5 heterocycles. The summed E-state index contributed by atoms with van der Waals surface area (Å²) in [6.45, 7) is 1.35. The van der Waals surface area contributed by atoms with E-state index < -0.39 is 0 Å². The number of hydrogen-bond acceptors (Lipinski definition) is 6. The van der Waals surface area contributed by atoms with E-state index in [1.165, 1.54) is 0 Å². The molecule has 8 heteroatoms. The monoisotopic (exact) mass is 1850 g/mol. The topological polar surface area (TPSA) is 94.3 Å². The van der Waals surface area contributed by atoms with Crippen molar-refractivity contribution in [3.05, 3.63) is 571 Å². The SMILES string of the molecule is C1=Cc2nc1c(-c1ccc(OCc3cc(/C=C/c4ccccc4)cc(/C=C/c4ccccc4)c3)cc1)c1ccc([nH]1)c(-c1ccc(OCc3cc(/C=C/c4ccccc4)cc(/C=C/c4ccccc4)c3)cc1)c1nc(c(-c3ccc(OCc4cc(/C=C/c5ccccc5)cc(/C=C/c5ccccc5)c4)cc3)c3ccc([nH]3)c2-c2ccc(OCc3cc(/C=C/c4ccccc4)cc(/C=C/c4ccccc4)c3)cc2)C=C1. The summed E-state index contributed by atoms with van der Waals surface area (Å²) in [5.41, 5.74) is 35.4. The summed E-state index contributed by atoms with van der Waals surface area (Å²) in [6.07, 6.45) is 43.1. The van der Waals surface area contributed by atoms with Crippen LogP contribution < -0.4 is 18.9 Å². The molecule has 144 heavy (non-hydrogen) atoms. The Morgan fingerprint density at radius 2 is 0.312 bits per heavy atom. The highest BCUT2D eigenvalue weighted by Crippen LogP contribution is 2.42. The number of ether oxygens (including phenoxy) is 4. The zero-order valence-corrected chi connectivity index (χ0v) is 79.5. The zero-order valence-electron chi connectivity index (χ0n) is 79.5. The highest BCUT2D eigenvalue weighted by Gasteiger charge is 2.22. The lowest BCUT2D eigenvalue weighted by molar-refractivity contribution is 0.306. The van der Waals surface area contributed by atoms with E-state index in [9.17, 15) is 0 Å². The second kappa shape index (κ2) is 44.8. The van der Waals surface area contributed by atoms with Gasteiger partial charge in [0.05, 0.1) is 22.8 Å². The van der Waals surface area contributed by atoms with Gasteiger partial charge < -0.3 is 28.9 Å². The molecule has 21 rings (SSSR count). The summed E-state index contributed by atoms with van der Waals surface area (Å²) in [5, 5.41) is 0. The van der Waals surface area contributed by atoms with Gasteiger partial charge in [0.1, 0.15) is 49.4 Å². The number of rotatable bonds is 32. The van der Waals surface area contributed by atoms with Crippen molar-refractivity contribution in [2.75, 3.05) is 0 Å². The summed E-state index contributed by atoms with van der Waals surface area (Å²) < 4.78 is 27.2. The molecule has 19 aromatic rings. The number of nitrogens with zero attached hydrogens (tertiary/aromatic N) is 2. The molecule has 0 atom stereocenters. The van der Waals surface area contributed by atoms with Crippen molar-refractivity contribution in [2.24, 2.45) is 0 Å². The normalized spacial score (nSPS) is 12.0. The Morgan fingerprint density at radius 3 is 0.472 bits per heavy atom. The van der Waals surface area contributed by atoms with Crippen molar-refractivity contribution in [2.45, 2.75) is 26.4 Å². The fourth-order valence-electron chi connectivity index (χ4n) is 18.1. The van der Waals surface area contributed by atoms with Crippen LogP contribution in [-0.4, -0.2) is 19.9 Å². The van der Waals surface area contributed by atoms with Crippen molar-refractivity contribution >= 4 is 144 Å². The van der Waals surface area contributed by atoms with Crippen LogP contribution in [0.5, 0.6) is 23.0 Å². The quantitative estimate of drug-likeness (QED) is 0.0408. The number of aromatic nitrogens is 4. The lowest BCUT2D eigenvalue weighted by Crippen LogP contribution is -1.97.